The van der Waals surface area contributed by atoms with Crippen molar-refractivity contribution in [1.82, 2.24) is 4.90 Å². The molecule has 0 radical (unpaired) electrons. The molecule has 1 N–H and O–H groups in total. The second kappa shape index (κ2) is 5.16. The average Bonchev–Trinajstić information content (AvgIpc) is 2.86. The van der Waals surface area contributed by atoms with Gasteiger partial charge in [-0.3, -0.25) is 4.90 Å². The monoisotopic (exact) mass is 249 g/mol. The summed E-state index contributed by atoms with van der Waals surface area (Å²) >= 11 is 0. The molecule has 1 atom stereocenters. The molecule has 0 aliphatic carbocycles. The Hall–Kier alpha value is -1.26. The van der Waals surface area contributed by atoms with Gasteiger partial charge in [-0.15, -0.1) is 0 Å². The highest BCUT2D eigenvalue weighted by molar-refractivity contribution is 5.43. The Morgan fingerprint density at radius 3 is 2.89 bits per heavy atom. The molecule has 1 aromatic carbocycles. The number of hydrogen-bond donors (Lipinski definition) is 1. The zero-order valence-electron chi connectivity index (χ0n) is 10.5. The van der Waals surface area contributed by atoms with E-state index < -0.39 is 0 Å². The number of likely N-dealkylation sites (tertiary alicyclic amines) is 1. The van der Waals surface area contributed by atoms with Crippen molar-refractivity contribution in [3.63, 3.8) is 0 Å². The lowest BCUT2D eigenvalue weighted by atomic mass is 10.1. The van der Waals surface area contributed by atoms with Crippen LogP contribution in [0.4, 0.5) is 0 Å². The number of rotatable bonds is 3. The van der Waals surface area contributed by atoms with Gasteiger partial charge in [0, 0.05) is 12.6 Å². The van der Waals surface area contributed by atoms with Crippen molar-refractivity contribution in [2.24, 2.45) is 0 Å². The molecule has 1 saturated heterocycles. The Morgan fingerprint density at radius 2 is 2.06 bits per heavy atom. The minimum absolute atomic E-state index is 0.255. The maximum absolute atomic E-state index is 9.32. The van der Waals surface area contributed by atoms with Crippen molar-refractivity contribution in [1.29, 1.82) is 0 Å². The fourth-order valence-electron chi connectivity index (χ4n) is 2.73. The molecule has 3 rings (SSSR count). The molecule has 0 spiro atoms. The van der Waals surface area contributed by atoms with Crippen molar-refractivity contribution in [3.8, 4) is 11.5 Å². The average molecular weight is 249 g/mol. The first kappa shape index (κ1) is 11.8. The fraction of sp³-hybridized carbons (Fsp3) is 0.571. The molecule has 0 unspecified atom stereocenters. The van der Waals surface area contributed by atoms with Crippen LogP contribution in [0.15, 0.2) is 18.2 Å². The molecule has 0 aromatic heterocycles. The first-order valence-corrected chi connectivity index (χ1v) is 6.60. The Kier molecular flexibility index (Phi) is 3.39. The van der Waals surface area contributed by atoms with Crippen molar-refractivity contribution in [2.75, 3.05) is 26.4 Å². The summed E-state index contributed by atoms with van der Waals surface area (Å²) < 4.78 is 11.1. The summed E-state index contributed by atoms with van der Waals surface area (Å²) in [5, 5.41) is 9.32. The van der Waals surface area contributed by atoms with E-state index in [1.54, 1.807) is 0 Å². The van der Waals surface area contributed by atoms with Crippen LogP contribution in [0.25, 0.3) is 0 Å². The van der Waals surface area contributed by atoms with E-state index in [1.165, 1.54) is 12.0 Å². The molecule has 1 aromatic rings. The third kappa shape index (κ3) is 2.31. The molecule has 18 heavy (non-hydrogen) atoms. The first-order valence-electron chi connectivity index (χ1n) is 6.60. The molecule has 2 heterocycles. The van der Waals surface area contributed by atoms with E-state index in [0.29, 0.717) is 19.3 Å². The highest BCUT2D eigenvalue weighted by Crippen LogP contribution is 2.31. The number of aliphatic hydroxyl groups excluding tert-OH is 1. The summed E-state index contributed by atoms with van der Waals surface area (Å²) in [7, 11) is 0. The highest BCUT2D eigenvalue weighted by atomic mass is 16.6. The van der Waals surface area contributed by atoms with E-state index >= 15 is 0 Å². The standard InChI is InChI=1S/C14H19NO3/c16-10-12-2-1-5-15(12)9-11-3-4-13-14(8-11)18-7-6-17-13/h3-4,8,12,16H,1-2,5-7,9-10H2/t12-/m1/s1. The van der Waals surface area contributed by atoms with E-state index in [9.17, 15) is 5.11 Å². The Balaban J connectivity index is 1.72. The van der Waals surface area contributed by atoms with Crippen LogP contribution in [-0.4, -0.2) is 42.4 Å². The van der Waals surface area contributed by atoms with Crippen LogP contribution >= 0.6 is 0 Å². The van der Waals surface area contributed by atoms with E-state index in [-0.39, 0.29) is 6.61 Å². The number of benzene rings is 1. The second-order valence-corrected chi connectivity index (χ2v) is 4.93. The van der Waals surface area contributed by atoms with Crippen LogP contribution in [0.3, 0.4) is 0 Å². The SMILES string of the molecule is OC[C@H]1CCCN1Cc1ccc2c(c1)OCCO2. The summed E-state index contributed by atoms with van der Waals surface area (Å²) in [4.78, 5) is 2.34. The second-order valence-electron chi connectivity index (χ2n) is 4.93. The first-order chi connectivity index (χ1) is 8.86. The van der Waals surface area contributed by atoms with Gasteiger partial charge in [0.1, 0.15) is 13.2 Å². The summed E-state index contributed by atoms with van der Waals surface area (Å²) in [6, 6.07) is 6.44. The third-order valence-electron chi connectivity index (χ3n) is 3.70. The molecule has 0 saturated carbocycles. The number of ether oxygens (including phenoxy) is 2. The summed E-state index contributed by atoms with van der Waals surface area (Å²) in [6.07, 6.45) is 2.27. The minimum Gasteiger partial charge on any atom is -0.486 e. The maximum atomic E-state index is 9.32. The molecule has 2 aliphatic heterocycles. The van der Waals surface area contributed by atoms with Gasteiger partial charge in [0.25, 0.3) is 0 Å². The lowest BCUT2D eigenvalue weighted by Gasteiger charge is -2.24. The zero-order chi connectivity index (χ0) is 12.4. The molecule has 2 aliphatic rings. The number of fused-ring (bicyclic) bond motifs is 1. The molecule has 1 fully saturated rings. The van der Waals surface area contributed by atoms with Gasteiger partial charge in [0.15, 0.2) is 11.5 Å². The van der Waals surface area contributed by atoms with Crippen molar-refractivity contribution >= 4 is 0 Å². The van der Waals surface area contributed by atoms with Crippen LogP contribution in [0, 0.1) is 0 Å². The maximum Gasteiger partial charge on any atom is 0.161 e. The quantitative estimate of drug-likeness (QED) is 0.879. The summed E-state index contributed by atoms with van der Waals surface area (Å²) in [5.41, 5.74) is 1.22. The van der Waals surface area contributed by atoms with Crippen molar-refractivity contribution < 1.29 is 14.6 Å². The van der Waals surface area contributed by atoms with Gasteiger partial charge in [0.2, 0.25) is 0 Å². The van der Waals surface area contributed by atoms with Crippen LogP contribution in [0.1, 0.15) is 18.4 Å². The van der Waals surface area contributed by atoms with Gasteiger partial charge in [-0.25, -0.2) is 0 Å². The Morgan fingerprint density at radius 1 is 1.22 bits per heavy atom. The third-order valence-corrected chi connectivity index (χ3v) is 3.70. The van der Waals surface area contributed by atoms with E-state index in [4.69, 9.17) is 9.47 Å². The molecule has 4 heteroatoms. The predicted molar refractivity (Wildman–Crippen MR) is 67.9 cm³/mol. The Labute approximate surface area is 107 Å². The van der Waals surface area contributed by atoms with E-state index in [0.717, 1.165) is 31.0 Å². The van der Waals surface area contributed by atoms with Crippen LogP contribution < -0.4 is 9.47 Å². The summed E-state index contributed by atoms with van der Waals surface area (Å²) in [6.45, 7) is 3.45. The van der Waals surface area contributed by atoms with Gasteiger partial charge in [-0.1, -0.05) is 6.07 Å². The highest BCUT2D eigenvalue weighted by Gasteiger charge is 2.24. The molecular formula is C14H19NO3. The van der Waals surface area contributed by atoms with Gasteiger partial charge < -0.3 is 14.6 Å². The number of aliphatic hydroxyl groups is 1. The number of hydrogen-bond acceptors (Lipinski definition) is 4. The molecule has 98 valence electrons. The molecule has 4 nitrogen and oxygen atoms in total. The number of nitrogens with zero attached hydrogens (tertiary/aromatic N) is 1. The molecular weight excluding hydrogens is 230 g/mol. The minimum atomic E-state index is 0.255. The van der Waals surface area contributed by atoms with Crippen LogP contribution in [0.5, 0.6) is 11.5 Å². The van der Waals surface area contributed by atoms with E-state index in [2.05, 4.69) is 17.0 Å². The lowest BCUT2D eigenvalue weighted by Crippen LogP contribution is -2.31. The van der Waals surface area contributed by atoms with E-state index in [1.807, 2.05) is 6.07 Å². The predicted octanol–water partition coefficient (Wildman–Crippen LogP) is 1.41. The van der Waals surface area contributed by atoms with Crippen LogP contribution in [0.2, 0.25) is 0 Å². The van der Waals surface area contributed by atoms with Gasteiger partial charge in [-0.2, -0.15) is 0 Å². The van der Waals surface area contributed by atoms with Crippen molar-refractivity contribution in [3.05, 3.63) is 23.8 Å². The van der Waals surface area contributed by atoms with Gasteiger partial charge in [-0.05, 0) is 37.1 Å². The topological polar surface area (TPSA) is 41.9 Å². The smallest absolute Gasteiger partial charge is 0.161 e. The fourth-order valence-corrected chi connectivity index (χ4v) is 2.73. The zero-order valence-corrected chi connectivity index (χ0v) is 10.5. The lowest BCUT2D eigenvalue weighted by molar-refractivity contribution is 0.152. The normalized spacial score (nSPS) is 23.3. The van der Waals surface area contributed by atoms with Gasteiger partial charge in [0.05, 0.1) is 6.61 Å². The van der Waals surface area contributed by atoms with Gasteiger partial charge >= 0.3 is 0 Å². The van der Waals surface area contributed by atoms with Crippen LogP contribution in [-0.2, 0) is 6.54 Å². The summed E-state index contributed by atoms with van der Waals surface area (Å²) in [5.74, 6) is 1.68. The van der Waals surface area contributed by atoms with Crippen molar-refractivity contribution in [2.45, 2.75) is 25.4 Å². The Bertz CT molecular complexity index is 422. The largest absolute Gasteiger partial charge is 0.486 e. The molecule has 0 bridgehead atoms. The molecule has 0 amide bonds.